The lowest BCUT2D eigenvalue weighted by Crippen LogP contribution is -2.24. The number of anilines is 1. The predicted molar refractivity (Wildman–Crippen MR) is 61.8 cm³/mol. The number of hydrogen-bond acceptors (Lipinski definition) is 2. The summed E-state index contributed by atoms with van der Waals surface area (Å²) in [6.07, 6.45) is 3.31. The number of para-hydroxylation sites is 1. The van der Waals surface area contributed by atoms with E-state index >= 15 is 0 Å². The van der Waals surface area contributed by atoms with Crippen molar-refractivity contribution in [3.8, 4) is 0 Å². The Labute approximate surface area is 88.6 Å². The molecule has 0 aliphatic heterocycles. The minimum atomic E-state index is -0.0912. The molecule has 0 aliphatic rings. The fourth-order valence-electron chi connectivity index (χ4n) is 1.16. The van der Waals surface area contributed by atoms with E-state index in [1.54, 1.807) is 23.7 Å². The summed E-state index contributed by atoms with van der Waals surface area (Å²) in [7, 11) is 1.75. The van der Waals surface area contributed by atoms with E-state index in [1.165, 1.54) is 6.08 Å². The standard InChI is InChI=1S/C11H13NOS/c1-4-11(13)12(2)9-7-5-6-8-10(9)14-3/h4-8H,1H2,2-3H3. The van der Waals surface area contributed by atoms with Crippen molar-refractivity contribution in [2.45, 2.75) is 4.90 Å². The highest BCUT2D eigenvalue weighted by molar-refractivity contribution is 7.98. The monoisotopic (exact) mass is 207 g/mol. The molecule has 0 aliphatic carbocycles. The first-order chi connectivity index (χ1) is 6.70. The molecule has 3 heteroatoms. The van der Waals surface area contributed by atoms with Gasteiger partial charge in [0.25, 0.3) is 0 Å². The number of hydrogen-bond donors (Lipinski definition) is 0. The number of carbonyl (C=O) groups is 1. The molecule has 0 atom stereocenters. The van der Waals surface area contributed by atoms with Gasteiger partial charge in [0.05, 0.1) is 5.69 Å². The van der Waals surface area contributed by atoms with Crippen LogP contribution in [0.3, 0.4) is 0 Å². The lowest BCUT2D eigenvalue weighted by atomic mass is 10.3. The molecule has 0 radical (unpaired) electrons. The van der Waals surface area contributed by atoms with Crippen molar-refractivity contribution >= 4 is 23.4 Å². The van der Waals surface area contributed by atoms with Crippen molar-refractivity contribution < 1.29 is 4.79 Å². The molecule has 1 aromatic carbocycles. The molecule has 0 saturated carbocycles. The van der Waals surface area contributed by atoms with Crippen LogP contribution in [0.25, 0.3) is 0 Å². The minimum absolute atomic E-state index is 0.0912. The van der Waals surface area contributed by atoms with E-state index in [1.807, 2.05) is 30.5 Å². The molecular weight excluding hydrogens is 194 g/mol. The van der Waals surface area contributed by atoms with Gasteiger partial charge in [-0.2, -0.15) is 0 Å². The van der Waals surface area contributed by atoms with Gasteiger partial charge in [-0.15, -0.1) is 11.8 Å². The van der Waals surface area contributed by atoms with E-state index in [9.17, 15) is 4.79 Å². The molecule has 0 fully saturated rings. The maximum Gasteiger partial charge on any atom is 0.250 e. The van der Waals surface area contributed by atoms with E-state index in [4.69, 9.17) is 0 Å². The topological polar surface area (TPSA) is 20.3 Å². The minimum Gasteiger partial charge on any atom is -0.311 e. The third kappa shape index (κ3) is 2.17. The molecule has 1 aromatic rings. The first kappa shape index (κ1) is 10.9. The van der Waals surface area contributed by atoms with Crippen LogP contribution in [0.15, 0.2) is 41.8 Å². The van der Waals surface area contributed by atoms with Crippen LogP contribution in [0.5, 0.6) is 0 Å². The average molecular weight is 207 g/mol. The zero-order chi connectivity index (χ0) is 10.6. The molecule has 0 N–H and O–H groups in total. The van der Waals surface area contributed by atoms with Gasteiger partial charge in [-0.3, -0.25) is 4.79 Å². The zero-order valence-corrected chi connectivity index (χ0v) is 9.17. The second kappa shape index (κ2) is 4.86. The van der Waals surface area contributed by atoms with Crippen LogP contribution in [-0.4, -0.2) is 19.2 Å². The van der Waals surface area contributed by atoms with Crippen LogP contribution < -0.4 is 4.90 Å². The summed E-state index contributed by atoms with van der Waals surface area (Å²) in [5.74, 6) is -0.0912. The van der Waals surface area contributed by atoms with Crippen LogP contribution in [-0.2, 0) is 4.79 Å². The number of carbonyl (C=O) groups excluding carboxylic acids is 1. The van der Waals surface area contributed by atoms with E-state index in [0.717, 1.165) is 10.6 Å². The van der Waals surface area contributed by atoms with Gasteiger partial charge in [0.2, 0.25) is 5.91 Å². The summed E-state index contributed by atoms with van der Waals surface area (Å²) < 4.78 is 0. The van der Waals surface area contributed by atoms with Crippen LogP contribution >= 0.6 is 11.8 Å². The Bertz CT molecular complexity index is 349. The molecule has 0 heterocycles. The Kier molecular flexibility index (Phi) is 3.77. The predicted octanol–water partition coefficient (Wildman–Crippen LogP) is 2.56. The molecule has 0 saturated heterocycles. The van der Waals surface area contributed by atoms with Crippen molar-refractivity contribution in [2.75, 3.05) is 18.2 Å². The average Bonchev–Trinajstić information content (AvgIpc) is 2.26. The molecule has 0 aromatic heterocycles. The normalized spacial score (nSPS) is 9.57. The van der Waals surface area contributed by atoms with Gasteiger partial charge in [-0.05, 0) is 24.5 Å². The van der Waals surface area contributed by atoms with Crippen molar-refractivity contribution in [3.05, 3.63) is 36.9 Å². The first-order valence-electron chi connectivity index (χ1n) is 4.24. The summed E-state index contributed by atoms with van der Waals surface area (Å²) in [6, 6.07) is 7.80. The largest absolute Gasteiger partial charge is 0.311 e. The fraction of sp³-hybridized carbons (Fsp3) is 0.182. The third-order valence-corrected chi connectivity index (χ3v) is 2.74. The summed E-state index contributed by atoms with van der Waals surface area (Å²) in [6.45, 7) is 3.46. The van der Waals surface area contributed by atoms with Crippen LogP contribution in [0, 0.1) is 0 Å². The number of amides is 1. The van der Waals surface area contributed by atoms with Crippen molar-refractivity contribution in [2.24, 2.45) is 0 Å². The molecule has 1 rings (SSSR count). The molecule has 1 amide bonds. The molecule has 0 unspecified atom stereocenters. The maximum atomic E-state index is 11.4. The molecular formula is C11H13NOS. The van der Waals surface area contributed by atoms with Gasteiger partial charge in [0, 0.05) is 11.9 Å². The smallest absolute Gasteiger partial charge is 0.250 e. The van der Waals surface area contributed by atoms with Gasteiger partial charge in [0.15, 0.2) is 0 Å². The molecule has 2 nitrogen and oxygen atoms in total. The summed E-state index contributed by atoms with van der Waals surface area (Å²) in [5, 5.41) is 0. The van der Waals surface area contributed by atoms with Gasteiger partial charge >= 0.3 is 0 Å². The van der Waals surface area contributed by atoms with E-state index in [-0.39, 0.29) is 5.91 Å². The Morgan fingerprint density at radius 2 is 2.14 bits per heavy atom. The van der Waals surface area contributed by atoms with Crippen LogP contribution in [0.2, 0.25) is 0 Å². The van der Waals surface area contributed by atoms with E-state index in [2.05, 4.69) is 6.58 Å². The first-order valence-corrected chi connectivity index (χ1v) is 5.46. The third-order valence-electron chi connectivity index (χ3n) is 1.95. The molecule has 14 heavy (non-hydrogen) atoms. The second-order valence-corrected chi connectivity index (χ2v) is 3.62. The highest BCUT2D eigenvalue weighted by Gasteiger charge is 2.10. The van der Waals surface area contributed by atoms with Gasteiger partial charge in [-0.25, -0.2) is 0 Å². The van der Waals surface area contributed by atoms with Gasteiger partial charge in [0.1, 0.15) is 0 Å². The van der Waals surface area contributed by atoms with Gasteiger partial charge < -0.3 is 4.90 Å². The maximum absolute atomic E-state index is 11.4. The molecule has 74 valence electrons. The van der Waals surface area contributed by atoms with Crippen LogP contribution in [0.4, 0.5) is 5.69 Å². The summed E-state index contributed by atoms with van der Waals surface area (Å²) in [4.78, 5) is 14.1. The molecule has 0 spiro atoms. The Hall–Kier alpha value is -1.22. The SMILES string of the molecule is C=CC(=O)N(C)c1ccccc1SC. The second-order valence-electron chi connectivity index (χ2n) is 2.77. The van der Waals surface area contributed by atoms with E-state index in [0.29, 0.717) is 0 Å². The van der Waals surface area contributed by atoms with Crippen molar-refractivity contribution in [3.63, 3.8) is 0 Å². The Morgan fingerprint density at radius 3 is 2.71 bits per heavy atom. The lowest BCUT2D eigenvalue weighted by Gasteiger charge is -2.17. The quantitative estimate of drug-likeness (QED) is 0.561. The highest BCUT2D eigenvalue weighted by Crippen LogP contribution is 2.27. The van der Waals surface area contributed by atoms with Crippen LogP contribution in [0.1, 0.15) is 0 Å². The van der Waals surface area contributed by atoms with E-state index < -0.39 is 0 Å². The summed E-state index contributed by atoms with van der Waals surface area (Å²) >= 11 is 1.62. The highest BCUT2D eigenvalue weighted by atomic mass is 32.2. The number of rotatable bonds is 3. The zero-order valence-electron chi connectivity index (χ0n) is 8.36. The number of benzene rings is 1. The van der Waals surface area contributed by atoms with Gasteiger partial charge in [-0.1, -0.05) is 18.7 Å². The number of nitrogens with zero attached hydrogens (tertiary/aromatic N) is 1. The fourth-order valence-corrected chi connectivity index (χ4v) is 1.79. The Morgan fingerprint density at radius 1 is 1.50 bits per heavy atom. The van der Waals surface area contributed by atoms with Crippen molar-refractivity contribution in [1.82, 2.24) is 0 Å². The number of thioether (sulfide) groups is 1. The Balaban J connectivity index is 3.05. The summed E-state index contributed by atoms with van der Waals surface area (Å²) in [5.41, 5.74) is 0.921. The van der Waals surface area contributed by atoms with Crippen molar-refractivity contribution in [1.29, 1.82) is 0 Å². The number of likely N-dealkylation sites (N-methyl/N-ethyl adjacent to an activating group) is 1. The lowest BCUT2D eigenvalue weighted by molar-refractivity contribution is -0.113. The molecule has 0 bridgehead atoms.